The molecule has 1 aliphatic carbocycles. The van der Waals surface area contributed by atoms with Crippen LogP contribution < -0.4 is 0 Å². The molecular formula is C17H34N2. The van der Waals surface area contributed by atoms with E-state index in [9.17, 15) is 0 Å². The van der Waals surface area contributed by atoms with Gasteiger partial charge >= 0.3 is 0 Å². The second-order valence-electron chi connectivity index (χ2n) is 6.72. The van der Waals surface area contributed by atoms with Crippen LogP contribution >= 0.6 is 0 Å². The Bertz CT molecular complexity index is 258. The smallest absolute Gasteiger partial charge is 0.0102 e. The molecule has 19 heavy (non-hydrogen) atoms. The molecule has 0 aromatic rings. The third-order valence-electron chi connectivity index (χ3n) is 5.58. The van der Waals surface area contributed by atoms with Crippen molar-refractivity contribution in [2.75, 3.05) is 32.7 Å². The average molecular weight is 266 g/mol. The summed E-state index contributed by atoms with van der Waals surface area (Å²) >= 11 is 0. The van der Waals surface area contributed by atoms with Gasteiger partial charge < -0.3 is 9.80 Å². The van der Waals surface area contributed by atoms with Gasteiger partial charge in [0.05, 0.1) is 0 Å². The van der Waals surface area contributed by atoms with Crippen molar-refractivity contribution < 1.29 is 0 Å². The third-order valence-corrected chi connectivity index (χ3v) is 5.58. The fourth-order valence-corrected chi connectivity index (χ4v) is 4.34. The van der Waals surface area contributed by atoms with Crippen LogP contribution in [0.5, 0.6) is 0 Å². The van der Waals surface area contributed by atoms with E-state index in [4.69, 9.17) is 0 Å². The Labute approximate surface area is 120 Å². The highest BCUT2D eigenvalue weighted by Crippen LogP contribution is 2.42. The largest absolute Gasteiger partial charge is 0.303 e. The van der Waals surface area contributed by atoms with Crippen LogP contribution in [0.1, 0.15) is 53.4 Å². The number of nitrogens with zero attached hydrogens (tertiary/aromatic N) is 2. The molecule has 0 N–H and O–H groups in total. The molecule has 112 valence electrons. The van der Waals surface area contributed by atoms with Gasteiger partial charge in [-0.15, -0.1) is 0 Å². The molecule has 0 amide bonds. The lowest BCUT2D eigenvalue weighted by molar-refractivity contribution is 0.118. The molecule has 2 heteroatoms. The van der Waals surface area contributed by atoms with Crippen LogP contribution in [0.4, 0.5) is 0 Å². The van der Waals surface area contributed by atoms with Crippen molar-refractivity contribution in [1.29, 1.82) is 0 Å². The standard InChI is InChI=1S/C15H28N2.C2H6/c1-3-17-11-14-9-15(17)8-13(14)10-16-6-4-12(2)5-7-16;1-2/h12-15H,3-11H2,1-2H3;1-2H3. The Morgan fingerprint density at radius 3 is 2.26 bits per heavy atom. The average Bonchev–Trinajstić information content (AvgIpc) is 3.03. The molecule has 3 atom stereocenters. The summed E-state index contributed by atoms with van der Waals surface area (Å²) in [5.41, 5.74) is 0. The summed E-state index contributed by atoms with van der Waals surface area (Å²) in [7, 11) is 0. The summed E-state index contributed by atoms with van der Waals surface area (Å²) in [5.74, 6) is 3.03. The minimum Gasteiger partial charge on any atom is -0.303 e. The lowest BCUT2D eigenvalue weighted by Gasteiger charge is -2.36. The lowest BCUT2D eigenvalue weighted by Crippen LogP contribution is -2.42. The van der Waals surface area contributed by atoms with Gasteiger partial charge in [-0.1, -0.05) is 27.7 Å². The van der Waals surface area contributed by atoms with E-state index in [0.29, 0.717) is 0 Å². The Morgan fingerprint density at radius 1 is 1.05 bits per heavy atom. The van der Waals surface area contributed by atoms with Gasteiger partial charge in [-0.25, -0.2) is 0 Å². The number of rotatable bonds is 3. The molecular weight excluding hydrogens is 232 g/mol. The second-order valence-corrected chi connectivity index (χ2v) is 6.72. The summed E-state index contributed by atoms with van der Waals surface area (Å²) in [6.07, 6.45) is 5.86. The van der Waals surface area contributed by atoms with Gasteiger partial charge in [-0.3, -0.25) is 0 Å². The van der Waals surface area contributed by atoms with E-state index in [0.717, 1.165) is 23.8 Å². The SMILES string of the molecule is CC.CCN1CC2CC1CC2CN1CCC(C)CC1. The maximum absolute atomic E-state index is 2.75. The highest BCUT2D eigenvalue weighted by atomic mass is 15.2. The van der Waals surface area contributed by atoms with Gasteiger partial charge in [0.15, 0.2) is 0 Å². The quantitative estimate of drug-likeness (QED) is 0.772. The van der Waals surface area contributed by atoms with Crippen molar-refractivity contribution >= 4 is 0 Å². The van der Waals surface area contributed by atoms with Crippen LogP contribution in [0, 0.1) is 17.8 Å². The van der Waals surface area contributed by atoms with Crippen molar-refractivity contribution in [2.45, 2.75) is 59.4 Å². The summed E-state index contributed by atoms with van der Waals surface area (Å²) in [4.78, 5) is 5.46. The number of hydrogen-bond donors (Lipinski definition) is 0. The van der Waals surface area contributed by atoms with E-state index >= 15 is 0 Å². The van der Waals surface area contributed by atoms with Crippen LogP contribution in [-0.2, 0) is 0 Å². The normalized spacial score (nSPS) is 36.3. The zero-order valence-electron chi connectivity index (χ0n) is 13.6. The van der Waals surface area contributed by atoms with E-state index in [2.05, 4.69) is 23.6 Å². The van der Waals surface area contributed by atoms with Crippen LogP contribution in [0.3, 0.4) is 0 Å². The molecule has 1 saturated carbocycles. The third kappa shape index (κ3) is 3.52. The van der Waals surface area contributed by atoms with Crippen molar-refractivity contribution in [3.05, 3.63) is 0 Å². The van der Waals surface area contributed by atoms with Crippen LogP contribution in [-0.4, -0.2) is 48.6 Å². The molecule has 2 saturated heterocycles. The molecule has 0 aromatic carbocycles. The Kier molecular flexibility index (Phi) is 5.70. The first-order chi connectivity index (χ1) is 9.26. The fourth-order valence-electron chi connectivity index (χ4n) is 4.34. The fraction of sp³-hybridized carbons (Fsp3) is 1.00. The molecule has 3 unspecified atom stereocenters. The minimum atomic E-state index is 0.943. The van der Waals surface area contributed by atoms with E-state index < -0.39 is 0 Å². The minimum absolute atomic E-state index is 0.943. The maximum Gasteiger partial charge on any atom is 0.0102 e. The van der Waals surface area contributed by atoms with Crippen molar-refractivity contribution in [3.63, 3.8) is 0 Å². The van der Waals surface area contributed by atoms with Crippen molar-refractivity contribution in [1.82, 2.24) is 9.80 Å². The summed E-state index contributed by atoms with van der Waals surface area (Å²) in [5, 5.41) is 0. The number of fused-ring (bicyclic) bond motifs is 2. The molecule has 2 aliphatic heterocycles. The van der Waals surface area contributed by atoms with Crippen molar-refractivity contribution in [3.8, 4) is 0 Å². The first-order valence-electron chi connectivity index (χ1n) is 8.72. The first-order valence-corrected chi connectivity index (χ1v) is 8.72. The van der Waals surface area contributed by atoms with Crippen LogP contribution in [0.15, 0.2) is 0 Å². The van der Waals surface area contributed by atoms with Gasteiger partial charge in [0, 0.05) is 19.1 Å². The molecule has 2 nitrogen and oxygen atoms in total. The van der Waals surface area contributed by atoms with Gasteiger partial charge in [-0.05, 0) is 63.1 Å². The van der Waals surface area contributed by atoms with Gasteiger partial charge in [-0.2, -0.15) is 0 Å². The number of likely N-dealkylation sites (tertiary alicyclic amines) is 2. The Morgan fingerprint density at radius 2 is 1.74 bits per heavy atom. The zero-order chi connectivity index (χ0) is 13.8. The molecule has 0 aromatic heterocycles. The summed E-state index contributed by atoms with van der Waals surface area (Å²) in [6.45, 7) is 15.5. The van der Waals surface area contributed by atoms with E-state index in [1.165, 1.54) is 58.4 Å². The number of piperidine rings is 2. The molecule has 3 fully saturated rings. The van der Waals surface area contributed by atoms with E-state index in [1.54, 1.807) is 0 Å². The van der Waals surface area contributed by atoms with E-state index in [1.807, 2.05) is 13.8 Å². The summed E-state index contributed by atoms with van der Waals surface area (Å²) < 4.78 is 0. The first kappa shape index (κ1) is 15.3. The predicted molar refractivity (Wildman–Crippen MR) is 83.4 cm³/mol. The van der Waals surface area contributed by atoms with Crippen LogP contribution in [0.2, 0.25) is 0 Å². The van der Waals surface area contributed by atoms with Gasteiger partial charge in [0.1, 0.15) is 0 Å². The maximum atomic E-state index is 2.75. The Balaban J connectivity index is 0.000000637. The molecule has 3 aliphatic rings. The van der Waals surface area contributed by atoms with Gasteiger partial charge in [0.2, 0.25) is 0 Å². The predicted octanol–water partition coefficient (Wildman–Crippen LogP) is 3.47. The highest BCUT2D eigenvalue weighted by molar-refractivity contribution is 4.97. The Hall–Kier alpha value is -0.0800. The molecule has 0 spiro atoms. The topological polar surface area (TPSA) is 6.48 Å². The van der Waals surface area contributed by atoms with Gasteiger partial charge in [0.25, 0.3) is 0 Å². The second kappa shape index (κ2) is 7.08. The van der Waals surface area contributed by atoms with E-state index in [-0.39, 0.29) is 0 Å². The zero-order valence-corrected chi connectivity index (χ0v) is 13.6. The highest BCUT2D eigenvalue weighted by Gasteiger charge is 2.44. The lowest BCUT2D eigenvalue weighted by atomic mass is 9.92. The summed E-state index contributed by atoms with van der Waals surface area (Å²) in [6, 6.07) is 0.943. The monoisotopic (exact) mass is 266 g/mol. The molecule has 0 radical (unpaired) electrons. The molecule has 2 bridgehead atoms. The molecule has 3 rings (SSSR count). The molecule has 2 heterocycles. The number of hydrogen-bond acceptors (Lipinski definition) is 2. The van der Waals surface area contributed by atoms with Crippen LogP contribution in [0.25, 0.3) is 0 Å². The van der Waals surface area contributed by atoms with Crippen molar-refractivity contribution in [2.24, 2.45) is 17.8 Å².